The SMILES string of the molecule is Cc1ccc(S(=O)(=O)NC(=O)NCCCCCCCNC(=O)NS(=O)(=O)c2ccc(C)s2)s1. The molecular weight excluding hydrogens is 508 g/mol. The van der Waals surface area contributed by atoms with Crippen molar-refractivity contribution in [1.29, 1.82) is 0 Å². The Morgan fingerprint density at radius 3 is 1.36 bits per heavy atom. The summed E-state index contributed by atoms with van der Waals surface area (Å²) < 4.78 is 52.4. The molecule has 0 saturated carbocycles. The summed E-state index contributed by atoms with van der Waals surface area (Å²) in [5.74, 6) is 0. The first-order valence-corrected chi connectivity index (χ1v) is 14.8. The van der Waals surface area contributed by atoms with Crippen molar-refractivity contribution >= 4 is 54.8 Å². The van der Waals surface area contributed by atoms with Crippen molar-refractivity contribution < 1.29 is 26.4 Å². The van der Waals surface area contributed by atoms with Gasteiger partial charge in [0, 0.05) is 22.8 Å². The van der Waals surface area contributed by atoms with Gasteiger partial charge in [-0.1, -0.05) is 19.3 Å². The quantitative estimate of drug-likeness (QED) is 0.306. The maximum absolute atomic E-state index is 12.1. The molecular formula is C19H28N4O6S4. The highest BCUT2D eigenvalue weighted by Crippen LogP contribution is 2.21. The predicted octanol–water partition coefficient (Wildman–Crippen LogP) is 3.05. The van der Waals surface area contributed by atoms with Crippen LogP contribution in [0.25, 0.3) is 0 Å². The lowest BCUT2D eigenvalue weighted by molar-refractivity contribution is 0.245. The molecule has 2 aromatic rings. The molecule has 14 heteroatoms. The van der Waals surface area contributed by atoms with Gasteiger partial charge in [0.2, 0.25) is 0 Å². The third-order valence-electron chi connectivity index (χ3n) is 4.34. The number of rotatable bonds is 12. The van der Waals surface area contributed by atoms with Gasteiger partial charge in [-0.05, 0) is 51.0 Å². The lowest BCUT2D eigenvalue weighted by Crippen LogP contribution is -2.39. The average Bonchev–Trinajstić information content (AvgIpc) is 3.35. The van der Waals surface area contributed by atoms with E-state index in [1.54, 1.807) is 26.0 Å². The van der Waals surface area contributed by atoms with Crippen molar-refractivity contribution in [3.8, 4) is 0 Å². The Morgan fingerprint density at radius 1 is 0.667 bits per heavy atom. The van der Waals surface area contributed by atoms with E-state index in [1.165, 1.54) is 12.1 Å². The van der Waals surface area contributed by atoms with Gasteiger partial charge in [0.1, 0.15) is 8.42 Å². The summed E-state index contributed by atoms with van der Waals surface area (Å²) in [4.78, 5) is 25.2. The first-order chi connectivity index (χ1) is 15.5. The van der Waals surface area contributed by atoms with Crippen LogP contribution in [0.5, 0.6) is 0 Å². The summed E-state index contributed by atoms with van der Waals surface area (Å²) in [5.41, 5.74) is 0. The third-order valence-corrected chi connectivity index (χ3v) is 9.99. The highest BCUT2D eigenvalue weighted by Gasteiger charge is 2.20. The first kappa shape index (κ1) is 27.1. The minimum Gasteiger partial charge on any atom is -0.337 e. The molecule has 4 amide bonds. The molecule has 4 N–H and O–H groups in total. The average molecular weight is 537 g/mol. The summed E-state index contributed by atoms with van der Waals surface area (Å²) in [6, 6.07) is 4.74. The van der Waals surface area contributed by atoms with Crippen LogP contribution in [0.2, 0.25) is 0 Å². The number of sulfonamides is 2. The largest absolute Gasteiger partial charge is 0.337 e. The Balaban J connectivity index is 1.51. The number of hydrogen-bond donors (Lipinski definition) is 4. The first-order valence-electron chi connectivity index (χ1n) is 10.2. The summed E-state index contributed by atoms with van der Waals surface area (Å²) in [5, 5.41) is 5.05. The van der Waals surface area contributed by atoms with Crippen molar-refractivity contribution in [1.82, 2.24) is 20.1 Å². The smallest absolute Gasteiger partial charge is 0.328 e. The van der Waals surface area contributed by atoms with Crippen LogP contribution in [-0.4, -0.2) is 42.0 Å². The molecule has 2 aromatic heterocycles. The highest BCUT2D eigenvalue weighted by molar-refractivity contribution is 7.92. The molecule has 0 radical (unpaired) electrons. The molecule has 2 rings (SSSR count). The molecule has 0 aliphatic heterocycles. The molecule has 0 spiro atoms. The van der Waals surface area contributed by atoms with Gasteiger partial charge < -0.3 is 10.6 Å². The molecule has 0 unspecified atom stereocenters. The Kier molecular flexibility index (Phi) is 10.1. The van der Waals surface area contributed by atoms with Crippen molar-refractivity contribution in [2.75, 3.05) is 13.1 Å². The fraction of sp³-hybridized carbons (Fsp3) is 0.474. The number of hydrogen-bond acceptors (Lipinski definition) is 8. The molecule has 0 aliphatic rings. The fourth-order valence-electron chi connectivity index (χ4n) is 2.71. The zero-order chi connectivity index (χ0) is 24.5. The van der Waals surface area contributed by atoms with Gasteiger partial charge in [-0.3, -0.25) is 0 Å². The summed E-state index contributed by atoms with van der Waals surface area (Å²) in [6.45, 7) is 4.25. The van der Waals surface area contributed by atoms with Crippen LogP contribution in [0.15, 0.2) is 32.7 Å². The minimum absolute atomic E-state index is 0.0941. The van der Waals surface area contributed by atoms with E-state index >= 15 is 0 Å². The number of thiophene rings is 2. The lowest BCUT2D eigenvalue weighted by atomic mass is 10.1. The second kappa shape index (κ2) is 12.3. The molecule has 0 bridgehead atoms. The standard InChI is InChI=1S/C19H28N4O6S4/c1-14-8-10-16(30-14)32(26,27)22-18(24)20-12-6-4-3-5-7-13-21-19(25)23-33(28,29)17-11-9-15(2)31-17/h8-11H,3-7,12-13H2,1-2H3,(H2,20,22,24)(H2,21,23,25). The number of carbonyl (C=O) groups excluding carboxylic acids is 2. The van der Waals surface area contributed by atoms with Gasteiger partial charge in [-0.15, -0.1) is 22.7 Å². The van der Waals surface area contributed by atoms with Crippen LogP contribution >= 0.6 is 22.7 Å². The molecule has 0 aliphatic carbocycles. The molecule has 0 aromatic carbocycles. The number of nitrogens with one attached hydrogen (secondary N) is 4. The predicted molar refractivity (Wildman–Crippen MR) is 129 cm³/mol. The molecule has 33 heavy (non-hydrogen) atoms. The molecule has 2 heterocycles. The zero-order valence-electron chi connectivity index (χ0n) is 18.3. The van der Waals surface area contributed by atoms with Crippen LogP contribution in [0.4, 0.5) is 9.59 Å². The van der Waals surface area contributed by atoms with Crippen LogP contribution < -0.4 is 20.1 Å². The van der Waals surface area contributed by atoms with E-state index < -0.39 is 32.1 Å². The van der Waals surface area contributed by atoms with Gasteiger partial charge in [0.25, 0.3) is 20.0 Å². The number of amides is 4. The number of aryl methyl sites for hydroxylation is 2. The van der Waals surface area contributed by atoms with E-state index in [0.29, 0.717) is 25.9 Å². The van der Waals surface area contributed by atoms with E-state index in [2.05, 4.69) is 10.6 Å². The van der Waals surface area contributed by atoms with Gasteiger partial charge in [-0.25, -0.2) is 35.9 Å². The van der Waals surface area contributed by atoms with Crippen LogP contribution in [0, 0.1) is 13.8 Å². The van der Waals surface area contributed by atoms with Gasteiger partial charge >= 0.3 is 12.1 Å². The van der Waals surface area contributed by atoms with Gasteiger partial charge in [-0.2, -0.15) is 0 Å². The van der Waals surface area contributed by atoms with Crippen LogP contribution in [-0.2, 0) is 20.0 Å². The second-order valence-corrected chi connectivity index (χ2v) is 13.6. The van der Waals surface area contributed by atoms with Crippen LogP contribution in [0.3, 0.4) is 0 Å². The Bertz CT molecular complexity index is 1060. The topological polar surface area (TPSA) is 151 Å². The maximum atomic E-state index is 12.1. The van der Waals surface area contributed by atoms with Crippen LogP contribution in [0.1, 0.15) is 41.9 Å². The van der Waals surface area contributed by atoms with E-state index in [-0.39, 0.29) is 8.42 Å². The Hall–Kier alpha value is -2.16. The molecule has 184 valence electrons. The summed E-state index contributed by atoms with van der Waals surface area (Å²) >= 11 is 2.18. The van der Waals surface area contributed by atoms with Crippen molar-refractivity contribution in [3.05, 3.63) is 34.0 Å². The number of urea groups is 2. The lowest BCUT2D eigenvalue weighted by Gasteiger charge is -2.08. The second-order valence-electron chi connectivity index (χ2n) is 7.22. The van der Waals surface area contributed by atoms with E-state index in [9.17, 15) is 26.4 Å². The van der Waals surface area contributed by atoms with E-state index in [1.807, 2.05) is 9.44 Å². The molecule has 0 saturated heterocycles. The fourth-order valence-corrected chi connectivity index (χ4v) is 7.14. The van der Waals surface area contributed by atoms with Crippen molar-refractivity contribution in [2.45, 2.75) is 54.4 Å². The summed E-state index contributed by atoms with van der Waals surface area (Å²) in [6.07, 6.45) is 3.84. The van der Waals surface area contributed by atoms with Gasteiger partial charge in [0.05, 0.1) is 0 Å². The van der Waals surface area contributed by atoms with Crippen molar-refractivity contribution in [3.63, 3.8) is 0 Å². The number of carbonyl (C=O) groups is 2. The van der Waals surface area contributed by atoms with E-state index in [0.717, 1.165) is 51.7 Å². The molecule has 10 nitrogen and oxygen atoms in total. The number of unbranched alkanes of at least 4 members (excludes halogenated alkanes) is 4. The monoisotopic (exact) mass is 536 g/mol. The van der Waals surface area contributed by atoms with E-state index in [4.69, 9.17) is 0 Å². The highest BCUT2D eigenvalue weighted by atomic mass is 32.3. The normalized spacial score (nSPS) is 11.7. The third kappa shape index (κ3) is 9.31. The van der Waals surface area contributed by atoms with Gasteiger partial charge in [0.15, 0.2) is 0 Å². The minimum atomic E-state index is -3.85. The maximum Gasteiger partial charge on any atom is 0.328 e. The zero-order valence-corrected chi connectivity index (χ0v) is 21.6. The summed E-state index contributed by atoms with van der Waals surface area (Å²) in [7, 11) is -7.70. The molecule has 0 fully saturated rings. The molecule has 0 atom stereocenters. The Labute approximate surface area is 202 Å². The Morgan fingerprint density at radius 2 is 1.03 bits per heavy atom. The van der Waals surface area contributed by atoms with Crippen molar-refractivity contribution in [2.24, 2.45) is 0 Å².